The van der Waals surface area contributed by atoms with E-state index in [2.05, 4.69) is 23.8 Å². The fourth-order valence-corrected chi connectivity index (χ4v) is 2.76. The van der Waals surface area contributed by atoms with Crippen molar-refractivity contribution < 1.29 is 14.6 Å². The van der Waals surface area contributed by atoms with Crippen LogP contribution in [0.5, 0.6) is 0 Å². The van der Waals surface area contributed by atoms with Crippen LogP contribution < -0.4 is 0 Å². The van der Waals surface area contributed by atoms with Crippen LogP contribution in [0.1, 0.15) is 40.5 Å². The van der Waals surface area contributed by atoms with Gasteiger partial charge < -0.3 is 19.6 Å². The molecule has 2 aromatic heterocycles. The average Bonchev–Trinajstić information content (AvgIpc) is 3.22. The van der Waals surface area contributed by atoms with Gasteiger partial charge in [0.1, 0.15) is 10.7 Å². The highest BCUT2D eigenvalue weighted by atomic mass is 32.1. The molecule has 2 aromatic rings. The summed E-state index contributed by atoms with van der Waals surface area (Å²) in [6.45, 7) is 9.41. The molecule has 24 heavy (non-hydrogen) atoms. The van der Waals surface area contributed by atoms with Crippen LogP contribution in [-0.2, 0) is 9.47 Å². The molecule has 1 aliphatic rings. The number of hydrogen-bond donors (Lipinski definition) is 2. The molecule has 0 bridgehead atoms. The number of aliphatic hydroxyl groups is 1. The van der Waals surface area contributed by atoms with Gasteiger partial charge in [-0.2, -0.15) is 0 Å². The molecular weight excluding hydrogens is 344 g/mol. The first-order valence-corrected chi connectivity index (χ1v) is 9.62. The molecule has 3 heterocycles. The van der Waals surface area contributed by atoms with Gasteiger partial charge in [0.05, 0.1) is 28.4 Å². The summed E-state index contributed by atoms with van der Waals surface area (Å²) in [5, 5.41) is 9.12. The van der Waals surface area contributed by atoms with Crippen LogP contribution in [0.25, 0.3) is 10.2 Å². The van der Waals surface area contributed by atoms with Crippen molar-refractivity contribution in [3.8, 4) is 0 Å². The number of aromatic amines is 1. The molecule has 7 heteroatoms. The van der Waals surface area contributed by atoms with Gasteiger partial charge in [0, 0.05) is 19.9 Å². The Hall–Kier alpha value is -0.860. The minimum Gasteiger partial charge on any atom is -0.390 e. The van der Waals surface area contributed by atoms with Crippen LogP contribution in [-0.4, -0.2) is 47.6 Å². The van der Waals surface area contributed by atoms with Crippen LogP contribution >= 0.6 is 23.6 Å². The van der Waals surface area contributed by atoms with Crippen LogP contribution in [0.2, 0.25) is 0 Å². The Morgan fingerprint density at radius 3 is 2.62 bits per heavy atom. The van der Waals surface area contributed by atoms with Crippen molar-refractivity contribution >= 4 is 33.8 Å². The first-order chi connectivity index (χ1) is 11.6. The van der Waals surface area contributed by atoms with E-state index in [-0.39, 0.29) is 12.2 Å². The van der Waals surface area contributed by atoms with Gasteiger partial charge >= 0.3 is 0 Å². The SMILES string of the molecule is CC.CCC.COC[C@H]1OCCC1O.S=c1[nH]ccc2ncsc12. The molecule has 1 fully saturated rings. The summed E-state index contributed by atoms with van der Waals surface area (Å²) < 4.78 is 11.8. The van der Waals surface area contributed by atoms with Crippen molar-refractivity contribution in [2.24, 2.45) is 0 Å². The third-order valence-electron chi connectivity index (χ3n) is 2.76. The molecule has 5 nitrogen and oxygen atoms in total. The Labute approximate surface area is 154 Å². The van der Waals surface area contributed by atoms with E-state index in [0.29, 0.717) is 13.2 Å². The zero-order chi connectivity index (χ0) is 18.4. The molecule has 0 aliphatic carbocycles. The number of nitrogens with zero attached hydrogens (tertiary/aromatic N) is 1. The number of thiazole rings is 1. The van der Waals surface area contributed by atoms with Gasteiger partial charge in [-0.05, 0) is 12.5 Å². The van der Waals surface area contributed by atoms with Crippen molar-refractivity contribution in [2.75, 3.05) is 20.3 Å². The topological polar surface area (TPSA) is 67.4 Å². The van der Waals surface area contributed by atoms with E-state index in [1.807, 2.05) is 26.1 Å². The number of aromatic nitrogens is 2. The Morgan fingerprint density at radius 2 is 2.12 bits per heavy atom. The predicted octanol–water partition coefficient (Wildman–Crippen LogP) is 4.58. The molecular formula is C17H30N2O3S2. The molecule has 1 saturated heterocycles. The highest BCUT2D eigenvalue weighted by Gasteiger charge is 2.25. The van der Waals surface area contributed by atoms with Crippen molar-refractivity contribution in [3.63, 3.8) is 0 Å². The van der Waals surface area contributed by atoms with Crippen molar-refractivity contribution in [3.05, 3.63) is 22.4 Å². The fourth-order valence-electron chi connectivity index (χ4n) is 1.77. The molecule has 0 spiro atoms. The molecule has 138 valence electrons. The smallest absolute Gasteiger partial charge is 0.122 e. The maximum atomic E-state index is 9.12. The third kappa shape index (κ3) is 8.30. The normalized spacial score (nSPS) is 18.6. The molecule has 0 amide bonds. The largest absolute Gasteiger partial charge is 0.390 e. The number of rotatable bonds is 2. The molecule has 2 atom stereocenters. The lowest BCUT2D eigenvalue weighted by molar-refractivity contribution is -0.0101. The number of nitrogens with one attached hydrogen (secondary N) is 1. The summed E-state index contributed by atoms with van der Waals surface area (Å²) in [5.41, 5.74) is 2.78. The minimum atomic E-state index is -0.315. The first-order valence-electron chi connectivity index (χ1n) is 8.33. The van der Waals surface area contributed by atoms with Crippen LogP contribution in [0, 0.1) is 4.64 Å². The third-order valence-corrected chi connectivity index (χ3v) is 4.07. The van der Waals surface area contributed by atoms with Gasteiger partial charge in [0.2, 0.25) is 0 Å². The summed E-state index contributed by atoms with van der Waals surface area (Å²) in [6.07, 6.45) is 3.40. The number of fused-ring (bicyclic) bond motifs is 1. The second-order valence-corrected chi connectivity index (χ2v) is 6.06. The van der Waals surface area contributed by atoms with Crippen molar-refractivity contribution in [1.29, 1.82) is 0 Å². The maximum absolute atomic E-state index is 9.12. The van der Waals surface area contributed by atoms with Gasteiger partial charge in [-0.1, -0.05) is 46.3 Å². The average molecular weight is 375 g/mol. The highest BCUT2D eigenvalue weighted by Crippen LogP contribution is 2.16. The number of pyridine rings is 1. The molecule has 2 N–H and O–H groups in total. The highest BCUT2D eigenvalue weighted by molar-refractivity contribution is 7.71. The summed E-state index contributed by atoms with van der Waals surface area (Å²) in [6, 6.07) is 1.92. The quantitative estimate of drug-likeness (QED) is 0.753. The van der Waals surface area contributed by atoms with E-state index < -0.39 is 0 Å². The number of aliphatic hydroxyl groups excluding tert-OH is 1. The fraction of sp³-hybridized carbons (Fsp3) is 0.647. The molecule has 0 saturated carbocycles. The molecule has 0 radical (unpaired) electrons. The standard InChI is InChI=1S/C6H4N2S2.C6H12O3.C3H8.C2H6/c9-6-5-4(1-2-7-6)8-3-10-5;1-8-4-6-5(7)2-3-9-6;1-3-2;1-2/h1-3H,(H,7,9);5-7H,2-4H2,1H3;3H2,1-2H3;1-2H3/t;5?,6-;;/m.1../s1. The summed E-state index contributed by atoms with van der Waals surface area (Å²) >= 11 is 6.59. The Kier molecular flexibility index (Phi) is 14.0. The van der Waals surface area contributed by atoms with Crippen LogP contribution in [0.3, 0.4) is 0 Å². The lowest BCUT2D eigenvalue weighted by Gasteiger charge is -2.10. The Morgan fingerprint density at radius 1 is 1.46 bits per heavy atom. The summed E-state index contributed by atoms with van der Waals surface area (Å²) in [5.74, 6) is 0. The summed E-state index contributed by atoms with van der Waals surface area (Å²) in [4.78, 5) is 7.06. The first kappa shape index (κ1) is 23.1. The predicted molar refractivity (Wildman–Crippen MR) is 104 cm³/mol. The van der Waals surface area contributed by atoms with Crippen LogP contribution in [0.15, 0.2) is 17.8 Å². The minimum absolute atomic E-state index is 0.0880. The van der Waals surface area contributed by atoms with Gasteiger partial charge in [-0.15, -0.1) is 11.3 Å². The van der Waals surface area contributed by atoms with Gasteiger partial charge in [0.25, 0.3) is 0 Å². The van der Waals surface area contributed by atoms with Crippen molar-refractivity contribution in [1.82, 2.24) is 9.97 Å². The van der Waals surface area contributed by atoms with E-state index >= 15 is 0 Å². The van der Waals surface area contributed by atoms with Crippen LogP contribution in [0.4, 0.5) is 0 Å². The van der Waals surface area contributed by atoms with E-state index in [9.17, 15) is 0 Å². The molecule has 0 aromatic carbocycles. The molecule has 1 aliphatic heterocycles. The lowest BCUT2D eigenvalue weighted by atomic mass is 10.2. The number of H-pyrrole nitrogens is 1. The van der Waals surface area contributed by atoms with Crippen molar-refractivity contribution in [2.45, 2.75) is 52.7 Å². The zero-order valence-electron chi connectivity index (χ0n) is 15.2. The van der Waals surface area contributed by atoms with E-state index in [4.69, 9.17) is 26.8 Å². The zero-order valence-corrected chi connectivity index (χ0v) is 16.9. The number of methoxy groups -OCH3 is 1. The molecule has 3 rings (SSSR count). The van der Waals surface area contributed by atoms with E-state index in [0.717, 1.165) is 21.3 Å². The monoisotopic (exact) mass is 374 g/mol. The summed E-state index contributed by atoms with van der Waals surface area (Å²) in [7, 11) is 1.61. The Balaban J connectivity index is 0.000000351. The maximum Gasteiger partial charge on any atom is 0.122 e. The van der Waals surface area contributed by atoms with E-state index in [1.54, 1.807) is 24.0 Å². The van der Waals surface area contributed by atoms with Gasteiger partial charge in [0.15, 0.2) is 0 Å². The lowest BCUT2D eigenvalue weighted by Crippen LogP contribution is -2.25. The second-order valence-electron chi connectivity index (χ2n) is 4.80. The van der Waals surface area contributed by atoms with Gasteiger partial charge in [-0.25, -0.2) is 4.98 Å². The number of hydrogen-bond acceptors (Lipinski definition) is 6. The molecule has 1 unspecified atom stereocenters. The second kappa shape index (κ2) is 14.5. The Bertz CT molecular complexity index is 586. The van der Waals surface area contributed by atoms with Gasteiger partial charge in [-0.3, -0.25) is 0 Å². The van der Waals surface area contributed by atoms with E-state index in [1.165, 1.54) is 6.42 Å². The number of ether oxygens (including phenoxy) is 2.